The van der Waals surface area contributed by atoms with E-state index >= 15 is 0 Å². The van der Waals surface area contributed by atoms with Gasteiger partial charge in [0.25, 0.3) is 0 Å². The molecule has 2 saturated heterocycles. The van der Waals surface area contributed by atoms with E-state index in [0.29, 0.717) is 26.1 Å². The number of rotatable bonds is 3. The highest BCUT2D eigenvalue weighted by Gasteiger charge is 2.41. The van der Waals surface area contributed by atoms with Crippen LogP contribution < -0.4 is 5.32 Å². The van der Waals surface area contributed by atoms with Crippen LogP contribution in [-0.2, 0) is 16.0 Å². The van der Waals surface area contributed by atoms with Crippen molar-refractivity contribution in [1.82, 2.24) is 25.1 Å². The lowest BCUT2D eigenvalue weighted by atomic mass is 9.90. The lowest BCUT2D eigenvalue weighted by Crippen LogP contribution is -2.40. The van der Waals surface area contributed by atoms with Crippen LogP contribution in [0.25, 0.3) is 0 Å². The average Bonchev–Trinajstić information content (AvgIpc) is 3.04. The fraction of sp³-hybridized carbons (Fsp3) is 0.706. The number of carbonyl (C=O) groups excluding carboxylic acids is 2. The third-order valence-electron chi connectivity index (χ3n) is 5.10. The van der Waals surface area contributed by atoms with Crippen molar-refractivity contribution < 1.29 is 9.59 Å². The number of nitrogens with zero attached hydrogens (tertiary/aromatic N) is 3. The highest BCUT2D eigenvalue weighted by Crippen LogP contribution is 2.34. The van der Waals surface area contributed by atoms with E-state index < -0.39 is 0 Å². The zero-order chi connectivity index (χ0) is 17.3. The predicted octanol–water partition coefficient (Wildman–Crippen LogP) is 0.274. The summed E-state index contributed by atoms with van der Waals surface area (Å²) in [5.74, 6) is 1.19. The molecule has 2 amide bonds. The van der Waals surface area contributed by atoms with E-state index in [1.165, 1.54) is 0 Å². The molecule has 0 spiro atoms. The molecule has 0 unspecified atom stereocenters. The van der Waals surface area contributed by atoms with E-state index in [4.69, 9.17) is 4.98 Å². The van der Waals surface area contributed by atoms with Crippen LogP contribution in [0.5, 0.6) is 0 Å². The maximum absolute atomic E-state index is 13.1. The van der Waals surface area contributed by atoms with Gasteiger partial charge < -0.3 is 20.1 Å². The fourth-order valence-electron chi connectivity index (χ4n) is 3.82. The number of aryl methyl sites for hydroxylation is 2. The number of hydrogen-bond donors (Lipinski definition) is 2. The first-order valence-electron chi connectivity index (χ1n) is 8.79. The number of amides is 2. The maximum atomic E-state index is 13.1. The van der Waals surface area contributed by atoms with Gasteiger partial charge in [0.15, 0.2) is 0 Å². The van der Waals surface area contributed by atoms with Gasteiger partial charge in [-0.2, -0.15) is 0 Å². The molecule has 132 valence electrons. The van der Waals surface area contributed by atoms with Gasteiger partial charge in [0, 0.05) is 57.2 Å². The summed E-state index contributed by atoms with van der Waals surface area (Å²) in [6.07, 6.45) is 1.25. The molecule has 7 heteroatoms. The molecule has 2 aliphatic heterocycles. The number of aromatic nitrogens is 2. The molecule has 1 aromatic rings. The number of likely N-dealkylation sites (N-methyl/N-ethyl adjacent to an activating group) is 1. The van der Waals surface area contributed by atoms with Crippen LogP contribution in [0.3, 0.4) is 0 Å². The fourth-order valence-corrected chi connectivity index (χ4v) is 3.82. The van der Waals surface area contributed by atoms with Gasteiger partial charge >= 0.3 is 0 Å². The Bertz CT molecular complexity index is 626. The third kappa shape index (κ3) is 3.31. The van der Waals surface area contributed by atoms with E-state index in [9.17, 15) is 9.59 Å². The summed E-state index contributed by atoms with van der Waals surface area (Å²) in [5, 5.41) is 2.83. The Hall–Kier alpha value is -1.89. The molecule has 0 bridgehead atoms. The zero-order valence-electron chi connectivity index (χ0n) is 14.8. The minimum Gasteiger partial charge on any atom is -0.354 e. The molecule has 2 N–H and O–H groups in total. The standard InChI is InChI=1S/C17H27N5O2/c1-4-14-19-11(2)16(20-14)12-9-21(3)10-13(12)17(24)22-7-5-15(23)18-6-8-22/h12-13H,4-10H2,1-3H3,(H,18,23)(H,19,20)/t12-,13-/m0/s1. The second-order valence-corrected chi connectivity index (χ2v) is 6.91. The van der Waals surface area contributed by atoms with Crippen molar-refractivity contribution in [3.63, 3.8) is 0 Å². The number of carbonyl (C=O) groups is 2. The van der Waals surface area contributed by atoms with Crippen molar-refractivity contribution >= 4 is 11.8 Å². The molecule has 0 radical (unpaired) electrons. The molecular formula is C17H27N5O2. The molecule has 2 fully saturated rings. The Morgan fingerprint density at radius 3 is 2.83 bits per heavy atom. The first kappa shape index (κ1) is 17.0. The molecule has 3 rings (SSSR count). The average molecular weight is 333 g/mol. The van der Waals surface area contributed by atoms with Gasteiger partial charge in [-0.15, -0.1) is 0 Å². The van der Waals surface area contributed by atoms with E-state index in [1.54, 1.807) is 0 Å². The van der Waals surface area contributed by atoms with Crippen LogP contribution in [0.2, 0.25) is 0 Å². The second-order valence-electron chi connectivity index (χ2n) is 6.91. The van der Waals surface area contributed by atoms with Crippen LogP contribution >= 0.6 is 0 Å². The maximum Gasteiger partial charge on any atom is 0.227 e. The molecule has 2 atom stereocenters. The van der Waals surface area contributed by atoms with Gasteiger partial charge in [-0.1, -0.05) is 6.92 Å². The van der Waals surface area contributed by atoms with Gasteiger partial charge in [0.05, 0.1) is 11.6 Å². The number of nitrogens with one attached hydrogen (secondary N) is 2. The largest absolute Gasteiger partial charge is 0.354 e. The molecule has 3 heterocycles. The molecule has 1 aromatic heterocycles. The van der Waals surface area contributed by atoms with Gasteiger partial charge in [0.1, 0.15) is 5.82 Å². The topological polar surface area (TPSA) is 81.3 Å². The van der Waals surface area contributed by atoms with Crippen molar-refractivity contribution in [3.8, 4) is 0 Å². The Labute approximate surface area is 142 Å². The Balaban J connectivity index is 1.80. The van der Waals surface area contributed by atoms with Crippen LogP contribution in [0.1, 0.15) is 36.5 Å². The molecule has 0 saturated carbocycles. The number of likely N-dealkylation sites (tertiary alicyclic amines) is 1. The predicted molar refractivity (Wildman–Crippen MR) is 90.6 cm³/mol. The van der Waals surface area contributed by atoms with Gasteiger partial charge in [-0.25, -0.2) is 4.98 Å². The number of H-pyrrole nitrogens is 1. The molecule has 24 heavy (non-hydrogen) atoms. The van der Waals surface area contributed by atoms with Crippen molar-refractivity contribution in [1.29, 1.82) is 0 Å². The summed E-state index contributed by atoms with van der Waals surface area (Å²) in [6, 6.07) is 0. The Kier molecular flexibility index (Phi) is 4.89. The minimum absolute atomic E-state index is 0.0288. The van der Waals surface area contributed by atoms with Crippen LogP contribution in [0.4, 0.5) is 0 Å². The highest BCUT2D eigenvalue weighted by molar-refractivity contribution is 5.82. The first-order valence-corrected chi connectivity index (χ1v) is 8.79. The van der Waals surface area contributed by atoms with E-state index in [1.807, 2.05) is 11.8 Å². The third-order valence-corrected chi connectivity index (χ3v) is 5.10. The SMILES string of the molecule is CCc1nc([C@H]2CN(C)C[C@@H]2C(=O)N2CCNC(=O)CC2)c(C)[nH]1. The smallest absolute Gasteiger partial charge is 0.227 e. The Morgan fingerprint density at radius 2 is 2.12 bits per heavy atom. The minimum atomic E-state index is -0.0880. The molecule has 0 aromatic carbocycles. The number of aromatic amines is 1. The molecule has 7 nitrogen and oxygen atoms in total. The Morgan fingerprint density at radius 1 is 1.33 bits per heavy atom. The summed E-state index contributed by atoms with van der Waals surface area (Å²) in [7, 11) is 2.05. The summed E-state index contributed by atoms with van der Waals surface area (Å²) in [6.45, 7) is 7.35. The molecule has 2 aliphatic rings. The van der Waals surface area contributed by atoms with E-state index in [-0.39, 0.29) is 23.7 Å². The number of imidazole rings is 1. The summed E-state index contributed by atoms with van der Waals surface area (Å²) < 4.78 is 0. The monoisotopic (exact) mass is 333 g/mol. The first-order chi connectivity index (χ1) is 11.5. The molecule has 0 aliphatic carbocycles. The van der Waals surface area contributed by atoms with Crippen molar-refractivity contribution in [3.05, 3.63) is 17.2 Å². The summed E-state index contributed by atoms with van der Waals surface area (Å²) >= 11 is 0. The van der Waals surface area contributed by atoms with Gasteiger partial charge in [-0.05, 0) is 14.0 Å². The zero-order valence-corrected chi connectivity index (χ0v) is 14.8. The van der Waals surface area contributed by atoms with Crippen LogP contribution in [0, 0.1) is 12.8 Å². The van der Waals surface area contributed by atoms with Crippen molar-refractivity contribution in [2.45, 2.75) is 32.6 Å². The molecular weight excluding hydrogens is 306 g/mol. The summed E-state index contributed by atoms with van der Waals surface area (Å²) in [4.78, 5) is 36.7. The van der Waals surface area contributed by atoms with Gasteiger partial charge in [0.2, 0.25) is 11.8 Å². The lowest BCUT2D eigenvalue weighted by molar-refractivity contribution is -0.135. The van der Waals surface area contributed by atoms with Gasteiger partial charge in [-0.3, -0.25) is 9.59 Å². The lowest BCUT2D eigenvalue weighted by Gasteiger charge is -2.26. The normalized spacial score (nSPS) is 25.6. The quantitative estimate of drug-likeness (QED) is 0.832. The van der Waals surface area contributed by atoms with E-state index in [2.05, 4.69) is 29.2 Å². The van der Waals surface area contributed by atoms with Crippen molar-refractivity contribution in [2.75, 3.05) is 39.8 Å². The second kappa shape index (κ2) is 6.93. The van der Waals surface area contributed by atoms with Crippen LogP contribution in [0.15, 0.2) is 0 Å². The van der Waals surface area contributed by atoms with E-state index in [0.717, 1.165) is 36.7 Å². The number of hydrogen-bond acceptors (Lipinski definition) is 4. The van der Waals surface area contributed by atoms with Crippen LogP contribution in [-0.4, -0.2) is 71.4 Å². The highest BCUT2D eigenvalue weighted by atomic mass is 16.2. The summed E-state index contributed by atoms with van der Waals surface area (Å²) in [5.41, 5.74) is 2.09. The van der Waals surface area contributed by atoms with Crippen molar-refractivity contribution in [2.24, 2.45) is 5.92 Å².